The smallest absolute Gasteiger partial charge is 0.328 e. The largest absolute Gasteiger partial charge is 0.331 e. The van der Waals surface area contributed by atoms with Gasteiger partial charge in [0.05, 0.1) is 11.1 Å². The maximum atomic E-state index is 12.5. The van der Waals surface area contributed by atoms with Gasteiger partial charge < -0.3 is 10.2 Å². The van der Waals surface area contributed by atoms with Crippen LogP contribution in [0.25, 0.3) is 0 Å². The molecule has 3 aliphatic heterocycles. The lowest BCUT2D eigenvalue weighted by Gasteiger charge is -2.43. The number of carbonyl (C=O) groups is 5. The first-order chi connectivity index (χ1) is 11.4. The maximum absolute atomic E-state index is 12.5. The zero-order valence-electron chi connectivity index (χ0n) is 12.6. The van der Waals surface area contributed by atoms with Crippen LogP contribution in [0.1, 0.15) is 20.7 Å². The lowest BCUT2D eigenvalue weighted by atomic mass is 10.0. The zero-order valence-corrected chi connectivity index (χ0v) is 12.6. The molecule has 0 unspecified atom stereocenters. The normalized spacial score (nSPS) is 26.0. The van der Waals surface area contributed by atoms with Crippen LogP contribution < -0.4 is 5.32 Å². The third kappa shape index (κ3) is 1.66. The van der Waals surface area contributed by atoms with E-state index < -0.39 is 41.9 Å². The molecular weight excluding hydrogens is 316 g/mol. The van der Waals surface area contributed by atoms with Gasteiger partial charge in [-0.05, 0) is 12.1 Å². The molecule has 1 aromatic carbocycles. The number of hydrogen-bond acceptors (Lipinski definition) is 5. The summed E-state index contributed by atoms with van der Waals surface area (Å²) in [6.45, 7) is -0.111. The molecule has 3 heterocycles. The Labute approximate surface area is 135 Å². The highest BCUT2D eigenvalue weighted by atomic mass is 16.2. The van der Waals surface area contributed by atoms with Gasteiger partial charge in [-0.15, -0.1) is 0 Å². The molecular formula is C15H12N4O5. The first-order valence-corrected chi connectivity index (χ1v) is 7.26. The first kappa shape index (κ1) is 14.4. The minimum absolute atomic E-state index is 0.111. The van der Waals surface area contributed by atoms with Crippen molar-refractivity contribution in [1.29, 1.82) is 0 Å². The number of urea groups is 1. The van der Waals surface area contributed by atoms with Crippen molar-refractivity contribution < 1.29 is 24.0 Å². The number of benzene rings is 1. The SMILES string of the molecule is CN1CC(=O)N([C@H]2NC(=O)[C@H]2N2C(=O)c3ccccc3C2=O)C1=O. The van der Waals surface area contributed by atoms with E-state index in [1.807, 2.05) is 0 Å². The van der Waals surface area contributed by atoms with Gasteiger partial charge in [-0.1, -0.05) is 12.1 Å². The number of fused-ring (bicyclic) bond motifs is 1. The van der Waals surface area contributed by atoms with Crippen LogP contribution in [0.2, 0.25) is 0 Å². The van der Waals surface area contributed by atoms with Crippen molar-refractivity contribution in [2.24, 2.45) is 0 Å². The van der Waals surface area contributed by atoms with E-state index in [1.165, 1.54) is 24.1 Å². The van der Waals surface area contributed by atoms with Crippen molar-refractivity contribution in [2.45, 2.75) is 12.2 Å². The molecule has 0 bridgehead atoms. The summed E-state index contributed by atoms with van der Waals surface area (Å²) in [7, 11) is 1.46. The van der Waals surface area contributed by atoms with Crippen molar-refractivity contribution in [3.05, 3.63) is 35.4 Å². The molecule has 0 radical (unpaired) electrons. The van der Waals surface area contributed by atoms with Gasteiger partial charge in [0.25, 0.3) is 17.7 Å². The average molecular weight is 328 g/mol. The molecule has 1 N–H and O–H groups in total. The number of amides is 6. The molecule has 2 saturated heterocycles. The molecule has 2 fully saturated rings. The van der Waals surface area contributed by atoms with E-state index in [4.69, 9.17) is 0 Å². The highest BCUT2D eigenvalue weighted by molar-refractivity contribution is 6.23. The second-order valence-corrected chi connectivity index (χ2v) is 5.83. The minimum Gasteiger partial charge on any atom is -0.331 e. The van der Waals surface area contributed by atoms with Gasteiger partial charge in [-0.2, -0.15) is 0 Å². The predicted octanol–water partition coefficient (Wildman–Crippen LogP) is -0.999. The minimum atomic E-state index is -1.21. The maximum Gasteiger partial charge on any atom is 0.328 e. The van der Waals surface area contributed by atoms with Gasteiger partial charge in [-0.3, -0.25) is 24.1 Å². The second-order valence-electron chi connectivity index (χ2n) is 5.83. The van der Waals surface area contributed by atoms with Gasteiger partial charge in [0.1, 0.15) is 12.7 Å². The van der Waals surface area contributed by atoms with E-state index in [0.29, 0.717) is 0 Å². The van der Waals surface area contributed by atoms with Crippen LogP contribution in [0.15, 0.2) is 24.3 Å². The Morgan fingerprint density at radius 1 is 0.958 bits per heavy atom. The molecule has 24 heavy (non-hydrogen) atoms. The molecule has 2 atom stereocenters. The quantitative estimate of drug-likeness (QED) is 0.426. The van der Waals surface area contributed by atoms with Crippen LogP contribution in [0, 0.1) is 0 Å². The first-order valence-electron chi connectivity index (χ1n) is 7.26. The molecule has 6 amide bonds. The van der Waals surface area contributed by atoms with Gasteiger partial charge in [0.15, 0.2) is 6.04 Å². The molecule has 0 aliphatic carbocycles. The molecule has 9 heteroatoms. The molecule has 0 spiro atoms. The summed E-state index contributed by atoms with van der Waals surface area (Å²) in [4.78, 5) is 64.0. The summed E-state index contributed by atoms with van der Waals surface area (Å²) in [5.74, 6) is -2.28. The lowest BCUT2D eigenvalue weighted by molar-refractivity contribution is -0.144. The summed E-state index contributed by atoms with van der Waals surface area (Å²) in [5.41, 5.74) is 0.411. The number of nitrogens with zero attached hydrogens (tertiary/aromatic N) is 3. The number of nitrogens with one attached hydrogen (secondary N) is 1. The fourth-order valence-corrected chi connectivity index (χ4v) is 3.19. The summed E-state index contributed by atoms with van der Waals surface area (Å²) < 4.78 is 0. The zero-order chi connectivity index (χ0) is 17.2. The van der Waals surface area contributed by atoms with Crippen molar-refractivity contribution in [3.8, 4) is 0 Å². The Morgan fingerprint density at radius 2 is 1.54 bits per heavy atom. The topological polar surface area (TPSA) is 107 Å². The van der Waals surface area contributed by atoms with E-state index in [2.05, 4.69) is 5.32 Å². The Kier molecular flexibility index (Phi) is 2.77. The van der Waals surface area contributed by atoms with E-state index >= 15 is 0 Å². The Bertz CT molecular complexity index is 800. The predicted molar refractivity (Wildman–Crippen MR) is 77.5 cm³/mol. The molecule has 122 valence electrons. The number of hydrogen-bond donors (Lipinski definition) is 1. The van der Waals surface area contributed by atoms with Gasteiger partial charge in [0, 0.05) is 7.05 Å². The van der Waals surface area contributed by atoms with Crippen LogP contribution in [-0.4, -0.2) is 70.2 Å². The summed E-state index contributed by atoms with van der Waals surface area (Å²) in [5, 5.41) is 2.43. The molecule has 0 saturated carbocycles. The van der Waals surface area contributed by atoms with Crippen LogP contribution in [-0.2, 0) is 9.59 Å². The molecule has 0 aromatic heterocycles. The summed E-state index contributed by atoms with van der Waals surface area (Å²) in [6.07, 6.45) is -1.04. The van der Waals surface area contributed by atoms with Crippen LogP contribution in [0.3, 0.4) is 0 Å². The van der Waals surface area contributed by atoms with Crippen molar-refractivity contribution in [2.75, 3.05) is 13.6 Å². The fourth-order valence-electron chi connectivity index (χ4n) is 3.19. The lowest BCUT2D eigenvalue weighted by Crippen LogP contribution is -2.76. The summed E-state index contributed by atoms with van der Waals surface area (Å²) >= 11 is 0. The van der Waals surface area contributed by atoms with Gasteiger partial charge >= 0.3 is 6.03 Å². The second kappa shape index (κ2) is 4.63. The fraction of sp³-hybridized carbons (Fsp3) is 0.267. The Morgan fingerprint density at radius 3 is 2.00 bits per heavy atom. The van der Waals surface area contributed by atoms with Crippen LogP contribution in [0.4, 0.5) is 4.79 Å². The number of carbonyl (C=O) groups excluding carboxylic acids is 5. The number of rotatable bonds is 2. The number of β-lactam (4-membered cyclic amide) rings is 1. The molecule has 9 nitrogen and oxygen atoms in total. The van der Waals surface area contributed by atoms with E-state index in [0.717, 1.165) is 9.80 Å². The van der Waals surface area contributed by atoms with Gasteiger partial charge in [0.2, 0.25) is 5.91 Å². The number of likely N-dealkylation sites (N-methyl/N-ethyl adjacent to an activating group) is 1. The standard InChI is InChI=1S/C15H12N4O5/c1-17-6-9(20)18(15(17)24)11-10(12(21)16-11)19-13(22)7-4-2-3-5-8(7)14(19)23/h2-5,10-11H,6H2,1H3,(H,16,21)/t10-,11+/m0/s1. The Balaban J connectivity index is 1.68. The molecule has 4 rings (SSSR count). The highest BCUT2D eigenvalue weighted by Crippen LogP contribution is 2.30. The summed E-state index contributed by atoms with van der Waals surface area (Å²) in [6, 6.07) is 4.45. The van der Waals surface area contributed by atoms with Crippen molar-refractivity contribution in [3.63, 3.8) is 0 Å². The third-order valence-electron chi connectivity index (χ3n) is 4.41. The van der Waals surface area contributed by atoms with Gasteiger partial charge in [-0.25, -0.2) is 9.69 Å². The van der Waals surface area contributed by atoms with E-state index in [-0.39, 0.29) is 17.7 Å². The van der Waals surface area contributed by atoms with E-state index in [1.54, 1.807) is 12.1 Å². The molecule has 1 aromatic rings. The Hall–Kier alpha value is -3.23. The molecule has 3 aliphatic rings. The van der Waals surface area contributed by atoms with Crippen molar-refractivity contribution in [1.82, 2.24) is 20.0 Å². The third-order valence-corrected chi connectivity index (χ3v) is 4.41. The van der Waals surface area contributed by atoms with Crippen LogP contribution >= 0.6 is 0 Å². The van der Waals surface area contributed by atoms with Crippen LogP contribution in [0.5, 0.6) is 0 Å². The average Bonchev–Trinajstić information content (AvgIpc) is 2.94. The van der Waals surface area contributed by atoms with Crippen molar-refractivity contribution >= 4 is 29.7 Å². The highest BCUT2D eigenvalue weighted by Gasteiger charge is 2.57. The monoisotopic (exact) mass is 328 g/mol. The number of imide groups is 2. The van der Waals surface area contributed by atoms with E-state index in [9.17, 15) is 24.0 Å².